The third-order valence-electron chi connectivity index (χ3n) is 9.23. The molecule has 7 aromatic rings. The summed E-state index contributed by atoms with van der Waals surface area (Å²) in [5.74, 6) is 0.987. The molecular formula is C42H29N3. The lowest BCUT2D eigenvalue weighted by atomic mass is 9.80. The van der Waals surface area contributed by atoms with Gasteiger partial charge in [0.15, 0.2) is 5.82 Å². The summed E-state index contributed by atoms with van der Waals surface area (Å²) < 4.78 is 0. The van der Waals surface area contributed by atoms with Crippen LogP contribution >= 0.6 is 0 Å². The fourth-order valence-corrected chi connectivity index (χ4v) is 7.16. The lowest BCUT2D eigenvalue weighted by Crippen LogP contribution is -2.30. The van der Waals surface area contributed by atoms with Crippen LogP contribution in [0.4, 0.5) is 11.4 Å². The molecule has 1 aromatic heterocycles. The summed E-state index contributed by atoms with van der Waals surface area (Å²) in [5.41, 5.74) is 11.5. The Labute approximate surface area is 262 Å². The fraction of sp³-hybridized carbons (Fsp3) is 0.0476. The van der Waals surface area contributed by atoms with Crippen LogP contribution < -0.4 is 4.90 Å². The van der Waals surface area contributed by atoms with Crippen molar-refractivity contribution in [3.63, 3.8) is 0 Å². The van der Waals surface area contributed by atoms with Gasteiger partial charge >= 0.3 is 0 Å². The molecule has 45 heavy (non-hydrogen) atoms. The standard InChI is InChI=1S/C42H29N3/c1-3-13-30(14-4-1)36-27-37(44-42(43-36)32-15-5-2-6-16-32)31-19-23-33(24-20-31)45-38-25-21-28-11-7-9-17-34(28)40(38)41-35-18-10-8-12-29(35)22-26-39(41)45/h1-27,38,40H. The Kier molecular flexibility index (Phi) is 5.95. The normalized spacial score (nSPS) is 16.3. The van der Waals surface area contributed by atoms with E-state index in [4.69, 9.17) is 9.97 Å². The van der Waals surface area contributed by atoms with E-state index in [1.165, 1.54) is 38.8 Å². The molecule has 0 bridgehead atoms. The molecule has 0 saturated heterocycles. The highest BCUT2D eigenvalue weighted by molar-refractivity contribution is 5.96. The molecule has 9 rings (SSSR count). The maximum atomic E-state index is 5.05. The lowest BCUT2D eigenvalue weighted by Gasteiger charge is -2.31. The molecule has 1 aliphatic carbocycles. The summed E-state index contributed by atoms with van der Waals surface area (Å²) in [6.45, 7) is 0. The van der Waals surface area contributed by atoms with E-state index in [1.54, 1.807) is 0 Å². The first-order chi connectivity index (χ1) is 22.3. The topological polar surface area (TPSA) is 29.0 Å². The van der Waals surface area contributed by atoms with E-state index in [9.17, 15) is 0 Å². The number of hydrogen-bond donors (Lipinski definition) is 0. The van der Waals surface area contributed by atoms with Crippen LogP contribution in [0.2, 0.25) is 0 Å². The number of nitrogens with zero attached hydrogens (tertiary/aromatic N) is 3. The van der Waals surface area contributed by atoms with Crippen molar-refractivity contribution in [1.29, 1.82) is 0 Å². The SMILES string of the molecule is C1=CC2C(c3ccccc31)c1c(ccc3ccccc13)N2c1ccc(-c2cc(-c3ccccc3)nc(-c3ccccc3)n2)cc1. The Balaban J connectivity index is 1.16. The van der Waals surface area contributed by atoms with Gasteiger partial charge in [0, 0.05) is 34.0 Å². The zero-order chi connectivity index (χ0) is 29.7. The van der Waals surface area contributed by atoms with Crippen molar-refractivity contribution < 1.29 is 0 Å². The molecular weight excluding hydrogens is 546 g/mol. The Morgan fingerprint density at radius 1 is 0.533 bits per heavy atom. The zero-order valence-corrected chi connectivity index (χ0v) is 24.6. The molecule has 2 unspecified atom stereocenters. The second-order valence-electron chi connectivity index (χ2n) is 11.8. The highest BCUT2D eigenvalue weighted by Gasteiger charge is 2.42. The Bertz CT molecular complexity index is 2160. The predicted octanol–water partition coefficient (Wildman–Crippen LogP) is 10.3. The van der Waals surface area contributed by atoms with Gasteiger partial charge in [0.25, 0.3) is 0 Å². The van der Waals surface area contributed by atoms with Crippen LogP contribution in [0.5, 0.6) is 0 Å². The van der Waals surface area contributed by atoms with E-state index < -0.39 is 0 Å². The van der Waals surface area contributed by atoms with Gasteiger partial charge in [-0.05, 0) is 51.7 Å². The Morgan fingerprint density at radius 2 is 1.18 bits per heavy atom. The van der Waals surface area contributed by atoms with Gasteiger partial charge in [-0.1, -0.05) is 140 Å². The Morgan fingerprint density at radius 3 is 1.96 bits per heavy atom. The molecule has 6 aromatic carbocycles. The number of anilines is 2. The first kappa shape index (κ1) is 25.7. The van der Waals surface area contributed by atoms with Gasteiger partial charge in [0.2, 0.25) is 0 Å². The van der Waals surface area contributed by atoms with Gasteiger partial charge in [-0.25, -0.2) is 9.97 Å². The van der Waals surface area contributed by atoms with E-state index in [0.717, 1.165) is 33.9 Å². The molecule has 3 heteroatoms. The molecule has 0 radical (unpaired) electrons. The molecule has 0 N–H and O–H groups in total. The predicted molar refractivity (Wildman–Crippen MR) is 186 cm³/mol. The van der Waals surface area contributed by atoms with Gasteiger partial charge in [-0.2, -0.15) is 0 Å². The van der Waals surface area contributed by atoms with Crippen LogP contribution in [-0.2, 0) is 0 Å². The van der Waals surface area contributed by atoms with Gasteiger partial charge < -0.3 is 4.90 Å². The van der Waals surface area contributed by atoms with Crippen LogP contribution in [0.1, 0.15) is 22.6 Å². The quantitative estimate of drug-likeness (QED) is 0.209. The molecule has 0 spiro atoms. The van der Waals surface area contributed by atoms with Crippen molar-refractivity contribution >= 4 is 28.2 Å². The molecule has 0 fully saturated rings. The lowest BCUT2D eigenvalue weighted by molar-refractivity contribution is 0.727. The minimum atomic E-state index is 0.194. The highest BCUT2D eigenvalue weighted by atomic mass is 15.2. The van der Waals surface area contributed by atoms with Gasteiger partial charge in [0.1, 0.15) is 0 Å². The molecule has 212 valence electrons. The molecule has 2 heterocycles. The average molecular weight is 576 g/mol. The molecule has 3 nitrogen and oxygen atoms in total. The van der Waals surface area contributed by atoms with Gasteiger partial charge in [-0.3, -0.25) is 0 Å². The highest BCUT2D eigenvalue weighted by Crippen LogP contribution is 2.53. The summed E-state index contributed by atoms with van der Waals surface area (Å²) in [7, 11) is 0. The summed E-state index contributed by atoms with van der Waals surface area (Å²) in [5, 5.41) is 2.61. The van der Waals surface area contributed by atoms with E-state index in [2.05, 4.69) is 144 Å². The summed E-state index contributed by atoms with van der Waals surface area (Å²) in [4.78, 5) is 12.5. The van der Waals surface area contributed by atoms with Crippen LogP contribution in [0, 0.1) is 0 Å². The average Bonchev–Trinajstić information content (AvgIpc) is 3.48. The third-order valence-corrected chi connectivity index (χ3v) is 9.23. The second-order valence-corrected chi connectivity index (χ2v) is 11.8. The van der Waals surface area contributed by atoms with E-state index >= 15 is 0 Å². The smallest absolute Gasteiger partial charge is 0.160 e. The van der Waals surface area contributed by atoms with E-state index in [-0.39, 0.29) is 12.0 Å². The second kappa shape index (κ2) is 10.4. The summed E-state index contributed by atoms with van der Waals surface area (Å²) in [6.07, 6.45) is 4.68. The number of hydrogen-bond acceptors (Lipinski definition) is 3. The fourth-order valence-electron chi connectivity index (χ4n) is 7.16. The van der Waals surface area contributed by atoms with Crippen LogP contribution in [0.25, 0.3) is 50.8 Å². The zero-order valence-electron chi connectivity index (χ0n) is 24.6. The van der Waals surface area contributed by atoms with E-state index in [0.29, 0.717) is 0 Å². The summed E-state index contributed by atoms with van der Waals surface area (Å²) >= 11 is 0. The maximum Gasteiger partial charge on any atom is 0.160 e. The first-order valence-corrected chi connectivity index (χ1v) is 15.5. The van der Waals surface area contributed by atoms with Crippen LogP contribution in [0.3, 0.4) is 0 Å². The molecule has 2 atom stereocenters. The minimum absolute atomic E-state index is 0.194. The molecule has 1 aliphatic heterocycles. The largest absolute Gasteiger partial charge is 0.333 e. The minimum Gasteiger partial charge on any atom is -0.333 e. The third kappa shape index (κ3) is 4.28. The first-order valence-electron chi connectivity index (χ1n) is 15.5. The van der Waals surface area contributed by atoms with Crippen molar-refractivity contribution in [3.8, 4) is 33.9 Å². The van der Waals surface area contributed by atoms with Crippen molar-refractivity contribution in [2.45, 2.75) is 12.0 Å². The molecule has 0 amide bonds. The van der Waals surface area contributed by atoms with Gasteiger partial charge in [-0.15, -0.1) is 0 Å². The monoisotopic (exact) mass is 575 g/mol. The van der Waals surface area contributed by atoms with Crippen molar-refractivity contribution in [2.24, 2.45) is 0 Å². The number of aromatic nitrogens is 2. The molecule has 0 saturated carbocycles. The molecule has 2 aliphatic rings. The number of benzene rings is 6. The van der Waals surface area contributed by atoms with Gasteiger partial charge in [0.05, 0.1) is 17.4 Å². The number of rotatable bonds is 4. The van der Waals surface area contributed by atoms with Crippen molar-refractivity contribution in [1.82, 2.24) is 9.97 Å². The summed E-state index contributed by atoms with van der Waals surface area (Å²) in [6, 6.07) is 54.0. The number of fused-ring (bicyclic) bond motifs is 7. The maximum absolute atomic E-state index is 5.05. The van der Waals surface area contributed by atoms with Crippen LogP contribution in [0.15, 0.2) is 158 Å². The Hall–Kier alpha value is -5.80. The van der Waals surface area contributed by atoms with Crippen LogP contribution in [-0.4, -0.2) is 16.0 Å². The van der Waals surface area contributed by atoms with Crippen molar-refractivity contribution in [2.75, 3.05) is 4.90 Å². The van der Waals surface area contributed by atoms with Crippen molar-refractivity contribution in [3.05, 3.63) is 174 Å². The van der Waals surface area contributed by atoms with E-state index in [1.807, 2.05) is 24.3 Å².